The van der Waals surface area contributed by atoms with Gasteiger partial charge in [-0.15, -0.1) is 11.6 Å². The molecule has 21 heavy (non-hydrogen) atoms. The van der Waals surface area contributed by atoms with Gasteiger partial charge in [0.05, 0.1) is 19.1 Å². The Kier molecular flexibility index (Phi) is 4.42. The largest absolute Gasteiger partial charge is 0.379 e. The summed E-state index contributed by atoms with van der Waals surface area (Å²) in [6.07, 6.45) is 1.84. The van der Waals surface area contributed by atoms with E-state index in [0.717, 1.165) is 55.4 Å². The van der Waals surface area contributed by atoms with Gasteiger partial charge in [-0.1, -0.05) is 0 Å². The number of imidazole rings is 1. The fraction of sp³-hybridized carbons (Fsp3) is 0.600. The average Bonchev–Trinajstić information content (AvgIpc) is 2.88. The first kappa shape index (κ1) is 14.8. The lowest BCUT2D eigenvalue weighted by Crippen LogP contribution is -2.39. The summed E-state index contributed by atoms with van der Waals surface area (Å²) in [7, 11) is 0. The zero-order valence-corrected chi connectivity index (χ0v) is 13.3. The van der Waals surface area contributed by atoms with Crippen molar-refractivity contribution < 1.29 is 4.74 Å². The van der Waals surface area contributed by atoms with E-state index in [1.807, 2.05) is 12.3 Å². The molecule has 0 saturated carbocycles. The molecule has 0 bridgehead atoms. The number of fused-ring (bicyclic) bond motifs is 1. The molecule has 114 valence electrons. The van der Waals surface area contributed by atoms with E-state index in [1.54, 1.807) is 0 Å². The lowest BCUT2D eigenvalue weighted by Gasteiger charge is -2.30. The number of hydrogen-bond donors (Lipinski definition) is 0. The van der Waals surface area contributed by atoms with Gasteiger partial charge in [-0.3, -0.25) is 4.90 Å². The molecule has 3 heterocycles. The van der Waals surface area contributed by atoms with Gasteiger partial charge in [-0.25, -0.2) is 9.97 Å². The predicted octanol–water partition coefficient (Wildman–Crippen LogP) is 2.37. The standard InChI is InChI=1S/C15H21ClN4O/c1-11-3-4-17-15-14(11)18-13(9-16)20(15)12(2)10-19-5-7-21-8-6-19/h3-4,12H,5-10H2,1-2H3. The van der Waals surface area contributed by atoms with E-state index < -0.39 is 0 Å². The van der Waals surface area contributed by atoms with Crippen molar-refractivity contribution in [3.8, 4) is 0 Å². The van der Waals surface area contributed by atoms with Crippen LogP contribution in [0.2, 0.25) is 0 Å². The van der Waals surface area contributed by atoms with Crippen LogP contribution in [-0.2, 0) is 10.6 Å². The van der Waals surface area contributed by atoms with Crippen molar-refractivity contribution in [3.63, 3.8) is 0 Å². The number of pyridine rings is 1. The molecule has 0 spiro atoms. The van der Waals surface area contributed by atoms with Crippen LogP contribution in [-0.4, -0.2) is 52.3 Å². The van der Waals surface area contributed by atoms with E-state index >= 15 is 0 Å². The second-order valence-corrected chi connectivity index (χ2v) is 5.86. The second-order valence-electron chi connectivity index (χ2n) is 5.59. The summed E-state index contributed by atoms with van der Waals surface area (Å²) >= 11 is 6.10. The molecule has 2 aromatic rings. The first-order chi connectivity index (χ1) is 10.2. The van der Waals surface area contributed by atoms with Crippen molar-refractivity contribution in [1.29, 1.82) is 0 Å². The van der Waals surface area contributed by atoms with Gasteiger partial charge in [0, 0.05) is 31.9 Å². The van der Waals surface area contributed by atoms with E-state index in [9.17, 15) is 0 Å². The van der Waals surface area contributed by atoms with Crippen LogP contribution >= 0.6 is 11.6 Å². The predicted molar refractivity (Wildman–Crippen MR) is 83.8 cm³/mol. The van der Waals surface area contributed by atoms with Crippen molar-refractivity contribution in [2.24, 2.45) is 0 Å². The highest BCUT2D eigenvalue weighted by Gasteiger charge is 2.20. The highest BCUT2D eigenvalue weighted by molar-refractivity contribution is 6.16. The van der Waals surface area contributed by atoms with Gasteiger partial charge in [0.25, 0.3) is 0 Å². The Bertz CT molecular complexity index is 621. The maximum absolute atomic E-state index is 6.10. The molecular weight excluding hydrogens is 288 g/mol. The molecule has 1 unspecified atom stereocenters. The number of halogens is 1. The van der Waals surface area contributed by atoms with Crippen LogP contribution < -0.4 is 0 Å². The molecule has 1 aliphatic rings. The fourth-order valence-electron chi connectivity index (χ4n) is 2.95. The first-order valence-electron chi connectivity index (χ1n) is 7.39. The molecule has 1 fully saturated rings. The molecule has 1 aliphatic heterocycles. The topological polar surface area (TPSA) is 43.2 Å². The highest BCUT2D eigenvalue weighted by atomic mass is 35.5. The van der Waals surface area contributed by atoms with Crippen molar-refractivity contribution >= 4 is 22.8 Å². The van der Waals surface area contributed by atoms with Gasteiger partial charge in [0.2, 0.25) is 0 Å². The second kappa shape index (κ2) is 6.30. The molecule has 5 nitrogen and oxygen atoms in total. The van der Waals surface area contributed by atoms with Gasteiger partial charge in [0.15, 0.2) is 5.65 Å². The lowest BCUT2D eigenvalue weighted by molar-refractivity contribution is 0.0326. The maximum atomic E-state index is 6.10. The molecule has 0 aromatic carbocycles. The zero-order chi connectivity index (χ0) is 14.8. The van der Waals surface area contributed by atoms with Crippen LogP contribution in [0.4, 0.5) is 0 Å². The molecule has 0 N–H and O–H groups in total. The highest BCUT2D eigenvalue weighted by Crippen LogP contribution is 2.23. The minimum Gasteiger partial charge on any atom is -0.379 e. The number of nitrogens with zero attached hydrogens (tertiary/aromatic N) is 4. The third-order valence-corrected chi connectivity index (χ3v) is 4.28. The van der Waals surface area contributed by atoms with Crippen molar-refractivity contribution in [1.82, 2.24) is 19.4 Å². The van der Waals surface area contributed by atoms with Gasteiger partial charge in [-0.2, -0.15) is 0 Å². The summed E-state index contributed by atoms with van der Waals surface area (Å²) in [5.41, 5.74) is 3.04. The Hall–Kier alpha value is -1.17. The van der Waals surface area contributed by atoms with Crippen molar-refractivity contribution in [3.05, 3.63) is 23.7 Å². The van der Waals surface area contributed by atoms with E-state index in [1.165, 1.54) is 0 Å². The molecule has 6 heteroatoms. The molecule has 1 saturated heterocycles. The molecule has 2 aromatic heterocycles. The number of hydrogen-bond acceptors (Lipinski definition) is 4. The normalized spacial score (nSPS) is 18.2. The summed E-state index contributed by atoms with van der Waals surface area (Å²) in [6.45, 7) is 8.84. The summed E-state index contributed by atoms with van der Waals surface area (Å²) in [6, 6.07) is 2.28. The third-order valence-electron chi connectivity index (χ3n) is 4.04. The average molecular weight is 309 g/mol. The molecular formula is C15H21ClN4O. The molecule has 3 rings (SSSR count). The van der Waals surface area contributed by atoms with E-state index in [0.29, 0.717) is 5.88 Å². The maximum Gasteiger partial charge on any atom is 0.160 e. The smallest absolute Gasteiger partial charge is 0.160 e. The van der Waals surface area contributed by atoms with Crippen molar-refractivity contribution in [2.45, 2.75) is 25.8 Å². The Labute approximate surface area is 129 Å². The number of aromatic nitrogens is 3. The fourth-order valence-corrected chi connectivity index (χ4v) is 3.14. The number of rotatable bonds is 4. The van der Waals surface area contributed by atoms with Crippen LogP contribution in [0.5, 0.6) is 0 Å². The molecule has 0 aliphatic carbocycles. The van der Waals surface area contributed by atoms with Crippen LogP contribution in [0.25, 0.3) is 11.2 Å². The quantitative estimate of drug-likeness (QED) is 0.813. The number of alkyl halides is 1. The van der Waals surface area contributed by atoms with Crippen LogP contribution in [0.3, 0.4) is 0 Å². The Balaban J connectivity index is 1.92. The lowest BCUT2D eigenvalue weighted by atomic mass is 10.2. The number of morpholine rings is 1. The van der Waals surface area contributed by atoms with Crippen LogP contribution in [0.1, 0.15) is 24.4 Å². The van der Waals surface area contributed by atoms with E-state index in [2.05, 4.69) is 33.3 Å². The van der Waals surface area contributed by atoms with Crippen molar-refractivity contribution in [2.75, 3.05) is 32.8 Å². The first-order valence-corrected chi connectivity index (χ1v) is 7.92. The summed E-state index contributed by atoms with van der Waals surface area (Å²) in [5, 5.41) is 0. The Morgan fingerprint density at radius 1 is 1.38 bits per heavy atom. The summed E-state index contributed by atoms with van der Waals surface area (Å²) in [5.74, 6) is 1.30. The zero-order valence-electron chi connectivity index (χ0n) is 12.5. The number of ether oxygens (including phenoxy) is 1. The molecule has 0 amide bonds. The number of aryl methyl sites for hydroxylation is 1. The van der Waals surface area contributed by atoms with Crippen LogP contribution in [0.15, 0.2) is 12.3 Å². The summed E-state index contributed by atoms with van der Waals surface area (Å²) in [4.78, 5) is 11.6. The van der Waals surface area contributed by atoms with Crippen LogP contribution in [0, 0.1) is 6.92 Å². The SMILES string of the molecule is Cc1ccnc2c1nc(CCl)n2C(C)CN1CCOCC1. The van der Waals surface area contributed by atoms with Gasteiger partial charge in [-0.05, 0) is 25.5 Å². The van der Waals surface area contributed by atoms with Gasteiger partial charge < -0.3 is 9.30 Å². The third kappa shape index (κ3) is 2.91. The Morgan fingerprint density at radius 2 is 2.14 bits per heavy atom. The minimum absolute atomic E-state index is 0.288. The molecule has 1 atom stereocenters. The Morgan fingerprint density at radius 3 is 2.86 bits per heavy atom. The summed E-state index contributed by atoms with van der Waals surface area (Å²) < 4.78 is 7.59. The van der Waals surface area contributed by atoms with E-state index in [-0.39, 0.29) is 6.04 Å². The van der Waals surface area contributed by atoms with Gasteiger partial charge in [0.1, 0.15) is 11.3 Å². The minimum atomic E-state index is 0.288. The van der Waals surface area contributed by atoms with E-state index in [4.69, 9.17) is 16.3 Å². The van der Waals surface area contributed by atoms with Gasteiger partial charge >= 0.3 is 0 Å². The monoisotopic (exact) mass is 308 g/mol. The molecule has 0 radical (unpaired) electrons.